The lowest BCUT2D eigenvalue weighted by molar-refractivity contribution is 0.247. The summed E-state index contributed by atoms with van der Waals surface area (Å²) >= 11 is 3.23. The van der Waals surface area contributed by atoms with Gasteiger partial charge in [-0.15, -0.1) is 22.7 Å². The molecule has 2 N–H and O–H groups in total. The molecule has 0 amide bonds. The van der Waals surface area contributed by atoms with Crippen LogP contribution in [0, 0.1) is 0 Å². The molecule has 1 aliphatic carbocycles. The van der Waals surface area contributed by atoms with Crippen LogP contribution in [0.3, 0.4) is 0 Å². The summed E-state index contributed by atoms with van der Waals surface area (Å²) in [5, 5.41) is 5.09. The Morgan fingerprint density at radius 2 is 2.20 bits per heavy atom. The third kappa shape index (κ3) is 1.51. The molecule has 1 aliphatic rings. The van der Waals surface area contributed by atoms with Crippen molar-refractivity contribution in [2.45, 2.75) is 24.8 Å². The van der Waals surface area contributed by atoms with Gasteiger partial charge in [-0.25, -0.2) is 9.97 Å². The third-order valence-corrected chi connectivity index (χ3v) is 4.36. The number of nitrogens with zero attached hydrogens (tertiary/aromatic N) is 2. The van der Waals surface area contributed by atoms with Gasteiger partial charge in [-0.05, 0) is 19.3 Å². The van der Waals surface area contributed by atoms with Gasteiger partial charge in [0.25, 0.3) is 0 Å². The molecular weight excluding hydrogens is 226 g/mol. The minimum Gasteiger partial charge on any atom is -0.320 e. The topological polar surface area (TPSA) is 51.8 Å². The van der Waals surface area contributed by atoms with Crippen LogP contribution in [-0.2, 0) is 5.54 Å². The summed E-state index contributed by atoms with van der Waals surface area (Å²) in [5.74, 6) is 0. The quantitative estimate of drug-likeness (QED) is 0.873. The van der Waals surface area contributed by atoms with E-state index in [2.05, 4.69) is 15.3 Å². The third-order valence-electron chi connectivity index (χ3n) is 2.91. The molecule has 0 bridgehead atoms. The van der Waals surface area contributed by atoms with Crippen LogP contribution < -0.4 is 5.73 Å². The van der Waals surface area contributed by atoms with Crippen LogP contribution in [0.25, 0.3) is 10.7 Å². The predicted molar refractivity (Wildman–Crippen MR) is 62.9 cm³/mol. The Hall–Kier alpha value is -0.780. The van der Waals surface area contributed by atoms with E-state index in [0.717, 1.165) is 29.2 Å². The van der Waals surface area contributed by atoms with Crippen molar-refractivity contribution in [2.75, 3.05) is 0 Å². The lowest BCUT2D eigenvalue weighted by Gasteiger charge is -2.36. The van der Waals surface area contributed by atoms with Crippen molar-refractivity contribution < 1.29 is 0 Å². The zero-order valence-electron chi connectivity index (χ0n) is 8.14. The molecule has 0 radical (unpaired) electrons. The molecule has 1 saturated carbocycles. The van der Waals surface area contributed by atoms with Gasteiger partial charge in [-0.1, -0.05) is 0 Å². The molecule has 2 aromatic rings. The predicted octanol–water partition coefficient (Wildman–Crippen LogP) is 2.60. The first-order valence-corrected chi connectivity index (χ1v) is 6.74. The normalized spacial score (nSPS) is 18.7. The van der Waals surface area contributed by atoms with Crippen LogP contribution in [0.4, 0.5) is 0 Å². The van der Waals surface area contributed by atoms with Crippen LogP contribution in [0.5, 0.6) is 0 Å². The van der Waals surface area contributed by atoms with Crippen molar-refractivity contribution in [3.05, 3.63) is 22.0 Å². The number of aromatic nitrogens is 2. The van der Waals surface area contributed by atoms with Gasteiger partial charge < -0.3 is 5.73 Å². The zero-order chi connectivity index (χ0) is 10.3. The van der Waals surface area contributed by atoms with E-state index in [1.54, 1.807) is 22.7 Å². The molecular formula is C10H11N3S2. The Bertz CT molecular complexity index is 457. The number of hydrogen-bond donors (Lipinski definition) is 1. The van der Waals surface area contributed by atoms with Gasteiger partial charge in [0.05, 0.1) is 16.7 Å². The summed E-state index contributed by atoms with van der Waals surface area (Å²) in [4.78, 5) is 8.84. The van der Waals surface area contributed by atoms with Crippen molar-refractivity contribution in [1.29, 1.82) is 0 Å². The van der Waals surface area contributed by atoms with Gasteiger partial charge in [-0.3, -0.25) is 0 Å². The smallest absolute Gasteiger partial charge is 0.143 e. The van der Waals surface area contributed by atoms with Crippen molar-refractivity contribution in [2.24, 2.45) is 5.73 Å². The first kappa shape index (κ1) is 9.45. The molecule has 2 heterocycles. The Balaban J connectivity index is 1.94. The molecule has 0 saturated heterocycles. The Labute approximate surface area is 96.0 Å². The van der Waals surface area contributed by atoms with E-state index in [1.807, 2.05) is 10.9 Å². The second-order valence-corrected chi connectivity index (χ2v) is 5.50. The number of thiazole rings is 2. The van der Waals surface area contributed by atoms with E-state index < -0.39 is 0 Å². The number of nitrogens with two attached hydrogens (primary N) is 1. The van der Waals surface area contributed by atoms with Gasteiger partial charge in [0, 0.05) is 10.8 Å². The summed E-state index contributed by atoms with van der Waals surface area (Å²) in [6.45, 7) is 0. The summed E-state index contributed by atoms with van der Waals surface area (Å²) in [6, 6.07) is 0. The summed E-state index contributed by atoms with van der Waals surface area (Å²) in [7, 11) is 0. The molecule has 15 heavy (non-hydrogen) atoms. The molecule has 78 valence electrons. The highest BCUT2D eigenvalue weighted by atomic mass is 32.1. The standard InChI is InChI=1S/C10H11N3S2/c11-10(2-1-3-10)8-5-15-9(13-8)7-4-14-6-12-7/h4-6H,1-3,11H2. The average molecular weight is 237 g/mol. The summed E-state index contributed by atoms with van der Waals surface area (Å²) < 4.78 is 0. The van der Waals surface area contributed by atoms with Crippen molar-refractivity contribution >= 4 is 22.7 Å². The average Bonchev–Trinajstić information content (AvgIpc) is 2.84. The van der Waals surface area contributed by atoms with Crippen LogP contribution in [0.1, 0.15) is 25.0 Å². The monoisotopic (exact) mass is 237 g/mol. The summed E-state index contributed by atoms with van der Waals surface area (Å²) in [5.41, 5.74) is 9.92. The molecule has 0 aromatic carbocycles. The van der Waals surface area contributed by atoms with Crippen LogP contribution in [-0.4, -0.2) is 9.97 Å². The van der Waals surface area contributed by atoms with Gasteiger partial charge >= 0.3 is 0 Å². The fourth-order valence-electron chi connectivity index (χ4n) is 1.75. The molecule has 3 rings (SSSR count). The van der Waals surface area contributed by atoms with Crippen molar-refractivity contribution in [3.63, 3.8) is 0 Å². The van der Waals surface area contributed by atoms with E-state index >= 15 is 0 Å². The van der Waals surface area contributed by atoms with Crippen molar-refractivity contribution in [1.82, 2.24) is 9.97 Å². The van der Waals surface area contributed by atoms with E-state index in [9.17, 15) is 0 Å². The van der Waals surface area contributed by atoms with Gasteiger partial charge in [0.15, 0.2) is 0 Å². The maximum absolute atomic E-state index is 6.22. The molecule has 0 atom stereocenters. The van der Waals surface area contributed by atoms with Crippen LogP contribution in [0.2, 0.25) is 0 Å². The second-order valence-electron chi connectivity index (χ2n) is 3.92. The van der Waals surface area contributed by atoms with E-state index in [-0.39, 0.29) is 5.54 Å². The lowest BCUT2D eigenvalue weighted by Crippen LogP contribution is -2.43. The largest absolute Gasteiger partial charge is 0.320 e. The van der Waals surface area contributed by atoms with Crippen LogP contribution >= 0.6 is 22.7 Å². The molecule has 1 fully saturated rings. The zero-order valence-corrected chi connectivity index (χ0v) is 9.77. The molecule has 2 aromatic heterocycles. The number of hydrogen-bond acceptors (Lipinski definition) is 5. The Morgan fingerprint density at radius 3 is 2.80 bits per heavy atom. The highest BCUT2D eigenvalue weighted by Gasteiger charge is 2.36. The maximum Gasteiger partial charge on any atom is 0.143 e. The van der Waals surface area contributed by atoms with Crippen molar-refractivity contribution in [3.8, 4) is 10.7 Å². The molecule has 0 aliphatic heterocycles. The van der Waals surface area contributed by atoms with E-state index in [0.29, 0.717) is 0 Å². The number of rotatable bonds is 2. The minimum absolute atomic E-state index is 0.148. The Morgan fingerprint density at radius 1 is 1.33 bits per heavy atom. The SMILES string of the molecule is NC1(c2csc(-c3cscn3)n2)CCC1. The highest BCUT2D eigenvalue weighted by Crippen LogP contribution is 2.40. The fourth-order valence-corrected chi connectivity index (χ4v) is 3.26. The second kappa shape index (κ2) is 3.37. The van der Waals surface area contributed by atoms with Gasteiger partial charge in [0.1, 0.15) is 10.7 Å². The highest BCUT2D eigenvalue weighted by molar-refractivity contribution is 7.13. The first-order valence-electron chi connectivity index (χ1n) is 4.91. The first-order chi connectivity index (χ1) is 7.28. The van der Waals surface area contributed by atoms with Gasteiger partial charge in [-0.2, -0.15) is 0 Å². The Kier molecular flexibility index (Phi) is 2.12. The van der Waals surface area contributed by atoms with Crippen LogP contribution in [0.15, 0.2) is 16.3 Å². The molecule has 3 nitrogen and oxygen atoms in total. The molecule has 0 unspecified atom stereocenters. The van der Waals surface area contributed by atoms with Gasteiger partial charge in [0.2, 0.25) is 0 Å². The fraction of sp³-hybridized carbons (Fsp3) is 0.400. The summed E-state index contributed by atoms with van der Waals surface area (Å²) in [6.07, 6.45) is 3.35. The lowest BCUT2D eigenvalue weighted by atomic mass is 9.76. The maximum atomic E-state index is 6.22. The minimum atomic E-state index is -0.148. The van der Waals surface area contributed by atoms with E-state index in [1.165, 1.54) is 6.42 Å². The molecule has 5 heteroatoms. The van der Waals surface area contributed by atoms with E-state index in [4.69, 9.17) is 5.73 Å². The molecule has 0 spiro atoms.